The minimum atomic E-state index is -0.154. The second-order valence-corrected chi connectivity index (χ2v) is 10.2. The number of benzene rings is 2. The highest BCUT2D eigenvalue weighted by Gasteiger charge is 2.36. The fourth-order valence-electron chi connectivity index (χ4n) is 4.93. The van der Waals surface area contributed by atoms with Crippen molar-refractivity contribution in [3.05, 3.63) is 65.0 Å². The minimum Gasteiger partial charge on any atom is -0.497 e. The van der Waals surface area contributed by atoms with Crippen molar-refractivity contribution in [2.24, 2.45) is 17.8 Å². The van der Waals surface area contributed by atoms with Gasteiger partial charge in [-0.05, 0) is 42.5 Å². The Morgan fingerprint density at radius 3 is 2.58 bits per heavy atom. The van der Waals surface area contributed by atoms with E-state index in [-0.39, 0.29) is 29.5 Å². The molecule has 5 heteroatoms. The fourth-order valence-corrected chi connectivity index (χ4v) is 4.93. The van der Waals surface area contributed by atoms with Crippen molar-refractivity contribution in [2.45, 2.75) is 47.1 Å². The van der Waals surface area contributed by atoms with Crippen LogP contribution in [-0.4, -0.2) is 49.0 Å². The molecule has 1 aliphatic rings. The molecule has 1 heterocycles. The van der Waals surface area contributed by atoms with Gasteiger partial charge in [-0.2, -0.15) is 0 Å². The summed E-state index contributed by atoms with van der Waals surface area (Å²) >= 11 is 0. The largest absolute Gasteiger partial charge is 0.497 e. The normalized spacial score (nSPS) is 18.8. The number of methoxy groups -OCH3 is 1. The average molecular weight is 455 g/mol. The van der Waals surface area contributed by atoms with E-state index in [1.54, 1.807) is 13.2 Å². The lowest BCUT2D eigenvalue weighted by Crippen LogP contribution is -2.41. The van der Waals surface area contributed by atoms with Gasteiger partial charge in [-0.1, -0.05) is 57.5 Å². The molecule has 0 spiro atoms. The quantitative estimate of drug-likeness (QED) is 0.502. The smallest absolute Gasteiger partial charge is 0.225 e. The summed E-state index contributed by atoms with van der Waals surface area (Å²) < 4.78 is 20.0. The van der Waals surface area contributed by atoms with Gasteiger partial charge in [0.1, 0.15) is 11.6 Å². The van der Waals surface area contributed by atoms with Crippen LogP contribution in [0.25, 0.3) is 0 Å². The van der Waals surface area contributed by atoms with Crippen molar-refractivity contribution < 1.29 is 13.9 Å². The second-order valence-electron chi connectivity index (χ2n) is 10.2. The first kappa shape index (κ1) is 25.2. The van der Waals surface area contributed by atoms with E-state index in [1.807, 2.05) is 49.9 Å². The van der Waals surface area contributed by atoms with Crippen LogP contribution in [0.3, 0.4) is 0 Å². The molecule has 1 aliphatic heterocycles. The zero-order valence-electron chi connectivity index (χ0n) is 21.0. The number of amides is 1. The number of hydrogen-bond acceptors (Lipinski definition) is 3. The Kier molecular flexibility index (Phi) is 8.52. The third-order valence-corrected chi connectivity index (χ3v) is 6.48. The van der Waals surface area contributed by atoms with Gasteiger partial charge in [0.05, 0.1) is 7.11 Å². The first-order valence-electron chi connectivity index (χ1n) is 12.1. The highest BCUT2D eigenvalue weighted by molar-refractivity contribution is 5.78. The number of likely N-dealkylation sites (tertiary alicyclic amines) is 1. The van der Waals surface area contributed by atoms with Crippen molar-refractivity contribution in [1.29, 1.82) is 0 Å². The molecule has 0 N–H and O–H groups in total. The second kappa shape index (κ2) is 11.1. The van der Waals surface area contributed by atoms with Gasteiger partial charge in [0.15, 0.2) is 0 Å². The van der Waals surface area contributed by atoms with E-state index < -0.39 is 0 Å². The van der Waals surface area contributed by atoms with Crippen LogP contribution in [0, 0.1) is 30.5 Å². The summed E-state index contributed by atoms with van der Waals surface area (Å²) in [6.45, 7) is 13.9. The third kappa shape index (κ3) is 6.57. The molecule has 0 aliphatic carbocycles. The Bertz CT molecular complexity index is 943. The number of rotatable bonds is 9. The van der Waals surface area contributed by atoms with Gasteiger partial charge >= 0.3 is 0 Å². The lowest BCUT2D eigenvalue weighted by molar-refractivity contribution is -0.135. The summed E-state index contributed by atoms with van der Waals surface area (Å²) in [7, 11) is 1.68. The summed E-state index contributed by atoms with van der Waals surface area (Å²) in [6.07, 6.45) is 0. The molecule has 1 amide bonds. The Morgan fingerprint density at radius 1 is 1.15 bits per heavy atom. The maximum Gasteiger partial charge on any atom is 0.225 e. The Balaban J connectivity index is 1.87. The molecular formula is C28H39FN2O2. The highest BCUT2D eigenvalue weighted by atomic mass is 19.1. The Hall–Kier alpha value is -2.40. The summed E-state index contributed by atoms with van der Waals surface area (Å²) in [6, 6.07) is 13.5. The number of carbonyl (C=O) groups excluding carboxylic acids is 1. The van der Waals surface area contributed by atoms with Crippen LogP contribution in [-0.2, 0) is 11.3 Å². The Morgan fingerprint density at radius 2 is 1.91 bits per heavy atom. The SMILES string of the molecule is COc1cccc([C@@H]2CN(Cc3cc(C)ccc3F)C[C@@H]2CN(CC(C)C)C(=O)C(C)C)c1. The first-order chi connectivity index (χ1) is 15.7. The molecular weight excluding hydrogens is 415 g/mol. The first-order valence-corrected chi connectivity index (χ1v) is 12.1. The lowest BCUT2D eigenvalue weighted by atomic mass is 9.88. The molecule has 2 aromatic rings. The Labute approximate surface area is 198 Å². The molecule has 2 atom stereocenters. The highest BCUT2D eigenvalue weighted by Crippen LogP contribution is 2.36. The van der Waals surface area contributed by atoms with Crippen LogP contribution in [0.1, 0.15) is 50.3 Å². The summed E-state index contributed by atoms with van der Waals surface area (Å²) in [5, 5.41) is 0. The van der Waals surface area contributed by atoms with E-state index >= 15 is 0 Å². The van der Waals surface area contributed by atoms with Gasteiger partial charge in [0.2, 0.25) is 5.91 Å². The third-order valence-electron chi connectivity index (χ3n) is 6.48. The monoisotopic (exact) mass is 454 g/mol. The average Bonchev–Trinajstić information content (AvgIpc) is 3.17. The molecule has 1 saturated heterocycles. The number of hydrogen-bond donors (Lipinski definition) is 0. The van der Waals surface area contributed by atoms with Crippen molar-refractivity contribution in [3.8, 4) is 5.75 Å². The van der Waals surface area contributed by atoms with E-state index in [9.17, 15) is 9.18 Å². The summed E-state index contributed by atoms with van der Waals surface area (Å²) in [5.74, 6) is 1.79. The number of nitrogens with zero attached hydrogens (tertiary/aromatic N) is 2. The molecule has 0 saturated carbocycles. The van der Waals surface area contributed by atoms with Gasteiger partial charge < -0.3 is 9.64 Å². The maximum absolute atomic E-state index is 14.5. The molecule has 33 heavy (non-hydrogen) atoms. The van der Waals surface area contributed by atoms with Crippen molar-refractivity contribution >= 4 is 5.91 Å². The molecule has 3 rings (SSSR count). The molecule has 2 aromatic carbocycles. The van der Waals surface area contributed by atoms with Gasteiger partial charge in [-0.15, -0.1) is 0 Å². The molecule has 4 nitrogen and oxygen atoms in total. The molecule has 0 unspecified atom stereocenters. The predicted molar refractivity (Wildman–Crippen MR) is 132 cm³/mol. The van der Waals surface area contributed by atoms with Crippen molar-refractivity contribution in [1.82, 2.24) is 9.80 Å². The standard InChI is InChI=1S/C28H39FN2O2/c1-19(2)14-31(28(32)20(3)4)17-24-16-30(15-23-12-21(5)10-11-27(23)29)18-26(24)22-8-7-9-25(13-22)33-6/h7-13,19-20,24,26H,14-18H2,1-6H3/t24-,26+/m1/s1. The molecule has 1 fully saturated rings. The minimum absolute atomic E-state index is 0.0297. The van der Waals surface area contributed by atoms with Crippen molar-refractivity contribution in [3.63, 3.8) is 0 Å². The number of carbonyl (C=O) groups is 1. The molecule has 0 radical (unpaired) electrons. The summed E-state index contributed by atoms with van der Waals surface area (Å²) in [5.41, 5.74) is 3.02. The topological polar surface area (TPSA) is 32.8 Å². The molecule has 0 aromatic heterocycles. The van der Waals surface area contributed by atoms with Crippen molar-refractivity contribution in [2.75, 3.05) is 33.3 Å². The molecule has 0 bridgehead atoms. The van der Waals surface area contributed by atoms with Crippen LogP contribution in [0.15, 0.2) is 42.5 Å². The molecule has 180 valence electrons. The van der Waals surface area contributed by atoms with E-state index in [2.05, 4.69) is 30.9 Å². The van der Waals surface area contributed by atoms with Crippen LogP contribution in [0.5, 0.6) is 5.75 Å². The van der Waals surface area contributed by atoms with Gasteiger partial charge in [-0.25, -0.2) is 4.39 Å². The lowest BCUT2D eigenvalue weighted by Gasteiger charge is -2.31. The van der Waals surface area contributed by atoms with Gasteiger partial charge in [0.25, 0.3) is 0 Å². The number of halogens is 1. The number of aryl methyl sites for hydroxylation is 1. The number of ether oxygens (including phenoxy) is 1. The van der Waals surface area contributed by atoms with E-state index in [0.717, 1.165) is 36.5 Å². The zero-order valence-corrected chi connectivity index (χ0v) is 21.0. The van der Waals surface area contributed by atoms with E-state index in [4.69, 9.17) is 4.74 Å². The summed E-state index contributed by atoms with van der Waals surface area (Å²) in [4.78, 5) is 17.4. The van der Waals surface area contributed by atoms with Crippen LogP contribution < -0.4 is 4.74 Å². The van der Waals surface area contributed by atoms with Gasteiger partial charge in [-0.3, -0.25) is 9.69 Å². The maximum atomic E-state index is 14.5. The fraction of sp³-hybridized carbons (Fsp3) is 0.536. The van der Waals surface area contributed by atoms with Crippen LogP contribution in [0.2, 0.25) is 0 Å². The zero-order chi connectivity index (χ0) is 24.1. The predicted octanol–water partition coefficient (Wildman–Crippen LogP) is 5.50. The van der Waals surface area contributed by atoms with E-state index in [0.29, 0.717) is 19.0 Å². The van der Waals surface area contributed by atoms with E-state index in [1.165, 1.54) is 5.56 Å². The van der Waals surface area contributed by atoms with Crippen LogP contribution in [0.4, 0.5) is 4.39 Å². The van der Waals surface area contributed by atoms with Crippen LogP contribution >= 0.6 is 0 Å². The van der Waals surface area contributed by atoms with Gasteiger partial charge in [0, 0.05) is 50.1 Å².